The number of alkyl carbamates (subject to hydrolysis) is 1. The minimum Gasteiger partial charge on any atom is -0.449 e. The molecule has 0 spiro atoms. The van der Waals surface area contributed by atoms with Gasteiger partial charge in [-0.15, -0.1) is 0 Å². The van der Waals surface area contributed by atoms with E-state index in [0.29, 0.717) is 11.0 Å². The summed E-state index contributed by atoms with van der Waals surface area (Å²) in [6.07, 6.45) is -0.511. The van der Waals surface area contributed by atoms with E-state index in [2.05, 4.69) is 5.32 Å². The van der Waals surface area contributed by atoms with E-state index in [9.17, 15) is 9.18 Å². The molecular weight excluding hydrogens is 348 g/mol. The molecule has 0 aromatic heterocycles. The fraction of sp³-hybridized carbons (Fsp3) is 0.650. The molecule has 1 aromatic rings. The van der Waals surface area contributed by atoms with Crippen molar-refractivity contribution in [2.75, 3.05) is 6.61 Å². The number of carbonyl (C=O) groups is 1. The Morgan fingerprint density at radius 1 is 1.22 bits per heavy atom. The molecule has 0 aliphatic carbocycles. The van der Waals surface area contributed by atoms with Crippen LogP contribution in [0.15, 0.2) is 18.2 Å². The van der Waals surface area contributed by atoms with E-state index in [1.54, 1.807) is 12.1 Å². The predicted octanol–water partition coefficient (Wildman–Crippen LogP) is 3.75. The molecule has 5 nitrogen and oxygen atoms in total. The van der Waals surface area contributed by atoms with Crippen molar-refractivity contribution in [3.8, 4) is 0 Å². The average Bonchev–Trinajstić information content (AvgIpc) is 2.71. The van der Waals surface area contributed by atoms with Gasteiger partial charge in [-0.25, -0.2) is 9.18 Å². The second kappa shape index (κ2) is 7.43. The molecule has 0 bridgehead atoms. The van der Waals surface area contributed by atoms with E-state index in [-0.39, 0.29) is 23.9 Å². The molecule has 0 unspecified atom stereocenters. The number of ether oxygens (including phenoxy) is 1. The fourth-order valence-corrected chi connectivity index (χ4v) is 2.70. The SMILES string of the molecule is C[C@H](COC(=O)NC(C)(C)C)c1ccc(B2OC(C)(C)C(C)(C)O2)cc1F. The molecule has 1 aliphatic heterocycles. The van der Waals surface area contributed by atoms with Gasteiger partial charge < -0.3 is 19.4 Å². The second-order valence-electron chi connectivity index (χ2n) is 9.24. The van der Waals surface area contributed by atoms with Crippen molar-refractivity contribution in [1.29, 1.82) is 0 Å². The Labute approximate surface area is 162 Å². The highest BCUT2D eigenvalue weighted by Crippen LogP contribution is 2.36. The van der Waals surface area contributed by atoms with Crippen LogP contribution in [-0.2, 0) is 14.0 Å². The molecule has 1 amide bonds. The molecule has 1 aromatic carbocycles. The molecule has 2 rings (SSSR count). The van der Waals surface area contributed by atoms with Crippen molar-refractivity contribution in [2.24, 2.45) is 0 Å². The Balaban J connectivity index is 2.03. The minimum absolute atomic E-state index is 0.0919. The first kappa shape index (κ1) is 21.7. The molecule has 1 saturated heterocycles. The van der Waals surface area contributed by atoms with Crippen molar-refractivity contribution in [2.45, 2.75) is 78.0 Å². The van der Waals surface area contributed by atoms with Crippen molar-refractivity contribution in [3.05, 3.63) is 29.6 Å². The van der Waals surface area contributed by atoms with Gasteiger partial charge in [0.25, 0.3) is 0 Å². The zero-order valence-corrected chi connectivity index (χ0v) is 17.6. The van der Waals surface area contributed by atoms with Crippen LogP contribution in [0.5, 0.6) is 0 Å². The van der Waals surface area contributed by atoms with Crippen LogP contribution in [0.2, 0.25) is 0 Å². The van der Waals surface area contributed by atoms with Crippen molar-refractivity contribution in [3.63, 3.8) is 0 Å². The molecule has 27 heavy (non-hydrogen) atoms. The molecule has 1 fully saturated rings. The molecule has 1 atom stereocenters. The van der Waals surface area contributed by atoms with Crippen LogP contribution in [-0.4, -0.2) is 36.6 Å². The van der Waals surface area contributed by atoms with E-state index >= 15 is 0 Å². The highest BCUT2D eigenvalue weighted by Gasteiger charge is 2.51. The molecule has 1 N–H and O–H groups in total. The number of hydrogen-bond donors (Lipinski definition) is 1. The Morgan fingerprint density at radius 3 is 2.26 bits per heavy atom. The topological polar surface area (TPSA) is 56.8 Å². The number of benzene rings is 1. The van der Waals surface area contributed by atoms with Gasteiger partial charge in [0.05, 0.1) is 17.8 Å². The van der Waals surface area contributed by atoms with Crippen LogP contribution >= 0.6 is 0 Å². The summed E-state index contributed by atoms with van der Waals surface area (Å²) in [6.45, 7) is 15.3. The number of amides is 1. The Kier molecular flexibility index (Phi) is 5.98. The molecule has 1 heterocycles. The highest BCUT2D eigenvalue weighted by molar-refractivity contribution is 6.62. The summed E-state index contributed by atoms with van der Waals surface area (Å²) in [7, 11) is -0.609. The summed E-state index contributed by atoms with van der Waals surface area (Å²) >= 11 is 0. The van der Waals surface area contributed by atoms with Gasteiger partial charge in [0.1, 0.15) is 5.82 Å². The predicted molar refractivity (Wildman–Crippen MR) is 105 cm³/mol. The maximum absolute atomic E-state index is 14.7. The molecule has 1 aliphatic rings. The summed E-state index contributed by atoms with van der Waals surface area (Å²) < 4.78 is 31.8. The monoisotopic (exact) mass is 379 g/mol. The normalized spacial score (nSPS) is 19.7. The van der Waals surface area contributed by atoms with Gasteiger partial charge >= 0.3 is 13.2 Å². The smallest absolute Gasteiger partial charge is 0.449 e. The van der Waals surface area contributed by atoms with Crippen molar-refractivity contribution < 1.29 is 23.2 Å². The third-order valence-electron chi connectivity index (χ3n) is 5.02. The molecular formula is C20H31BFNO4. The summed E-state index contributed by atoms with van der Waals surface area (Å²) in [4.78, 5) is 11.8. The van der Waals surface area contributed by atoms with Gasteiger partial charge in [-0.05, 0) is 65.6 Å². The first-order valence-corrected chi connectivity index (χ1v) is 9.32. The first-order chi connectivity index (χ1) is 12.2. The highest BCUT2D eigenvalue weighted by atomic mass is 19.1. The number of halogens is 1. The van der Waals surface area contributed by atoms with Crippen LogP contribution in [0, 0.1) is 5.82 Å². The van der Waals surface area contributed by atoms with E-state index < -0.39 is 24.4 Å². The number of nitrogens with one attached hydrogen (secondary N) is 1. The van der Waals surface area contributed by atoms with Gasteiger partial charge in [-0.3, -0.25) is 0 Å². The lowest BCUT2D eigenvalue weighted by Gasteiger charge is -2.32. The standard InChI is InChI=1S/C20H31BFNO4/c1-13(12-25-17(24)23-18(2,3)4)15-10-9-14(11-16(15)22)21-26-19(5,6)20(7,8)27-21/h9-11,13H,12H2,1-8H3,(H,23,24)/t13-/m1/s1. The zero-order valence-electron chi connectivity index (χ0n) is 17.6. The van der Waals surface area contributed by atoms with Gasteiger partial charge in [0, 0.05) is 11.5 Å². The van der Waals surface area contributed by atoms with Gasteiger partial charge in [-0.2, -0.15) is 0 Å². The second-order valence-corrected chi connectivity index (χ2v) is 9.24. The van der Waals surface area contributed by atoms with E-state index in [1.165, 1.54) is 6.07 Å². The lowest BCUT2D eigenvalue weighted by molar-refractivity contribution is 0.00578. The van der Waals surface area contributed by atoms with Crippen LogP contribution in [0.4, 0.5) is 9.18 Å². The van der Waals surface area contributed by atoms with Crippen molar-refractivity contribution in [1.82, 2.24) is 5.32 Å². The van der Waals surface area contributed by atoms with Crippen LogP contribution in [0.1, 0.15) is 66.9 Å². The number of hydrogen-bond acceptors (Lipinski definition) is 4. The lowest BCUT2D eigenvalue weighted by Crippen LogP contribution is -2.41. The van der Waals surface area contributed by atoms with Gasteiger partial charge in [0.15, 0.2) is 0 Å². The average molecular weight is 379 g/mol. The minimum atomic E-state index is -0.609. The maximum Gasteiger partial charge on any atom is 0.494 e. The molecule has 7 heteroatoms. The largest absolute Gasteiger partial charge is 0.494 e. The first-order valence-electron chi connectivity index (χ1n) is 9.32. The Bertz CT molecular complexity index is 684. The summed E-state index contributed by atoms with van der Waals surface area (Å²) in [6, 6.07) is 4.93. The third-order valence-corrected chi connectivity index (χ3v) is 5.02. The molecule has 0 radical (unpaired) electrons. The van der Waals surface area contributed by atoms with E-state index in [0.717, 1.165) is 0 Å². The van der Waals surface area contributed by atoms with Crippen LogP contribution in [0.25, 0.3) is 0 Å². The summed E-state index contributed by atoms with van der Waals surface area (Å²) in [5.41, 5.74) is -0.217. The quantitative estimate of drug-likeness (QED) is 0.810. The van der Waals surface area contributed by atoms with Crippen LogP contribution in [0.3, 0.4) is 0 Å². The van der Waals surface area contributed by atoms with Gasteiger partial charge in [0.2, 0.25) is 0 Å². The third kappa shape index (κ3) is 5.23. The van der Waals surface area contributed by atoms with Crippen molar-refractivity contribution >= 4 is 18.7 Å². The number of rotatable bonds is 4. The van der Waals surface area contributed by atoms with E-state index in [1.807, 2.05) is 55.4 Å². The Morgan fingerprint density at radius 2 is 1.78 bits per heavy atom. The van der Waals surface area contributed by atoms with E-state index in [4.69, 9.17) is 14.0 Å². The van der Waals surface area contributed by atoms with Gasteiger partial charge in [-0.1, -0.05) is 19.1 Å². The zero-order chi connectivity index (χ0) is 20.6. The summed E-state index contributed by atoms with van der Waals surface area (Å²) in [5, 5.41) is 2.71. The Hall–Kier alpha value is -1.60. The molecule has 0 saturated carbocycles. The lowest BCUT2D eigenvalue weighted by atomic mass is 9.78. The summed E-state index contributed by atoms with van der Waals surface area (Å²) in [5.74, 6) is -0.641. The molecule has 150 valence electrons. The van der Waals surface area contributed by atoms with Crippen LogP contribution < -0.4 is 10.8 Å². The maximum atomic E-state index is 14.7. The number of carbonyl (C=O) groups excluding carboxylic acids is 1. The fourth-order valence-electron chi connectivity index (χ4n) is 2.70.